The quantitative estimate of drug-likeness (QED) is 0.915. The molecule has 0 radical (unpaired) electrons. The summed E-state index contributed by atoms with van der Waals surface area (Å²) in [7, 11) is 0. The molecule has 0 unspecified atom stereocenters. The Morgan fingerprint density at radius 2 is 2.25 bits per heavy atom. The SMILES string of the molecule is CCOC(=O)N1CCC(NCc2ncccc2C)CC1. The lowest BCUT2D eigenvalue weighted by molar-refractivity contribution is 0.0949. The summed E-state index contributed by atoms with van der Waals surface area (Å²) in [4.78, 5) is 17.8. The van der Waals surface area contributed by atoms with Crippen molar-refractivity contribution in [2.75, 3.05) is 19.7 Å². The standard InChI is InChI=1S/C15H23N3O2/c1-3-20-15(19)18-9-6-13(7-10-18)17-11-14-12(2)5-4-8-16-14/h4-5,8,13,17H,3,6-7,9-11H2,1-2H3. The predicted molar refractivity (Wildman–Crippen MR) is 77.4 cm³/mol. The number of nitrogens with zero attached hydrogens (tertiary/aromatic N) is 2. The lowest BCUT2D eigenvalue weighted by Crippen LogP contribution is -2.45. The topological polar surface area (TPSA) is 54.5 Å². The molecule has 20 heavy (non-hydrogen) atoms. The highest BCUT2D eigenvalue weighted by Crippen LogP contribution is 2.12. The summed E-state index contributed by atoms with van der Waals surface area (Å²) in [5.41, 5.74) is 2.31. The van der Waals surface area contributed by atoms with Crippen LogP contribution in [0.5, 0.6) is 0 Å². The van der Waals surface area contributed by atoms with Gasteiger partial charge in [-0.05, 0) is 38.3 Å². The molecule has 0 spiro atoms. The molecule has 0 atom stereocenters. The van der Waals surface area contributed by atoms with E-state index in [2.05, 4.69) is 23.3 Å². The summed E-state index contributed by atoms with van der Waals surface area (Å²) < 4.78 is 5.02. The third kappa shape index (κ3) is 3.93. The van der Waals surface area contributed by atoms with Crippen molar-refractivity contribution in [2.45, 2.75) is 39.3 Å². The largest absolute Gasteiger partial charge is 0.450 e. The lowest BCUT2D eigenvalue weighted by atomic mass is 10.1. The van der Waals surface area contributed by atoms with E-state index in [4.69, 9.17) is 4.74 Å². The van der Waals surface area contributed by atoms with Gasteiger partial charge in [-0.1, -0.05) is 6.07 Å². The number of carbonyl (C=O) groups excluding carboxylic acids is 1. The van der Waals surface area contributed by atoms with E-state index in [0.29, 0.717) is 12.6 Å². The number of hydrogen-bond acceptors (Lipinski definition) is 4. The van der Waals surface area contributed by atoms with Crippen LogP contribution in [0.25, 0.3) is 0 Å². The van der Waals surface area contributed by atoms with Crippen LogP contribution in [0.4, 0.5) is 4.79 Å². The summed E-state index contributed by atoms with van der Waals surface area (Å²) >= 11 is 0. The number of amides is 1. The first-order valence-corrected chi connectivity index (χ1v) is 7.26. The lowest BCUT2D eigenvalue weighted by Gasteiger charge is -2.31. The van der Waals surface area contributed by atoms with E-state index in [1.165, 1.54) is 5.56 Å². The minimum Gasteiger partial charge on any atom is -0.450 e. The molecule has 0 saturated carbocycles. The van der Waals surface area contributed by atoms with Crippen molar-refractivity contribution in [1.29, 1.82) is 0 Å². The van der Waals surface area contributed by atoms with E-state index in [1.807, 2.05) is 19.2 Å². The van der Waals surface area contributed by atoms with E-state index < -0.39 is 0 Å². The van der Waals surface area contributed by atoms with Gasteiger partial charge < -0.3 is 15.0 Å². The minimum absolute atomic E-state index is 0.188. The molecule has 2 heterocycles. The molecule has 1 aliphatic heterocycles. The number of aromatic nitrogens is 1. The molecule has 2 rings (SSSR count). The van der Waals surface area contributed by atoms with Crippen molar-refractivity contribution in [3.63, 3.8) is 0 Å². The first-order valence-electron chi connectivity index (χ1n) is 7.26. The van der Waals surface area contributed by atoms with Crippen LogP contribution in [0.3, 0.4) is 0 Å². The first-order chi connectivity index (χ1) is 9.70. The second kappa shape index (κ2) is 7.24. The normalized spacial score (nSPS) is 16.2. The molecule has 1 aromatic heterocycles. The van der Waals surface area contributed by atoms with Crippen LogP contribution >= 0.6 is 0 Å². The fourth-order valence-corrected chi connectivity index (χ4v) is 2.43. The number of pyridine rings is 1. The first kappa shape index (κ1) is 14.8. The number of hydrogen-bond donors (Lipinski definition) is 1. The molecule has 5 heteroatoms. The van der Waals surface area contributed by atoms with Gasteiger partial charge in [0, 0.05) is 31.9 Å². The van der Waals surface area contributed by atoms with Crippen LogP contribution in [0.15, 0.2) is 18.3 Å². The van der Waals surface area contributed by atoms with E-state index in [0.717, 1.165) is 38.2 Å². The van der Waals surface area contributed by atoms with Gasteiger partial charge in [-0.3, -0.25) is 4.98 Å². The molecule has 1 aromatic rings. The number of carbonyl (C=O) groups is 1. The maximum absolute atomic E-state index is 11.6. The number of nitrogens with one attached hydrogen (secondary N) is 1. The van der Waals surface area contributed by atoms with Crippen molar-refractivity contribution in [3.05, 3.63) is 29.6 Å². The molecular weight excluding hydrogens is 254 g/mol. The average molecular weight is 277 g/mol. The Balaban J connectivity index is 1.75. The second-order valence-corrected chi connectivity index (χ2v) is 5.11. The molecule has 0 aliphatic carbocycles. The van der Waals surface area contributed by atoms with Gasteiger partial charge in [-0.2, -0.15) is 0 Å². The number of aryl methyl sites for hydroxylation is 1. The predicted octanol–water partition coefficient (Wildman–Crippen LogP) is 2.10. The number of likely N-dealkylation sites (tertiary alicyclic amines) is 1. The van der Waals surface area contributed by atoms with Gasteiger partial charge in [0.15, 0.2) is 0 Å². The summed E-state index contributed by atoms with van der Waals surface area (Å²) in [6.45, 7) is 6.66. The number of ether oxygens (including phenoxy) is 1. The van der Waals surface area contributed by atoms with Crippen molar-refractivity contribution in [1.82, 2.24) is 15.2 Å². The Morgan fingerprint density at radius 3 is 2.90 bits per heavy atom. The van der Waals surface area contributed by atoms with E-state index in [9.17, 15) is 4.79 Å². The van der Waals surface area contributed by atoms with Crippen molar-refractivity contribution >= 4 is 6.09 Å². The highest BCUT2D eigenvalue weighted by Gasteiger charge is 2.23. The maximum atomic E-state index is 11.6. The molecule has 5 nitrogen and oxygen atoms in total. The van der Waals surface area contributed by atoms with Gasteiger partial charge in [0.25, 0.3) is 0 Å². The van der Waals surface area contributed by atoms with Gasteiger partial charge >= 0.3 is 6.09 Å². The zero-order valence-electron chi connectivity index (χ0n) is 12.3. The molecule has 0 bridgehead atoms. The molecule has 1 saturated heterocycles. The van der Waals surface area contributed by atoms with Crippen LogP contribution in [-0.4, -0.2) is 41.7 Å². The zero-order valence-corrected chi connectivity index (χ0v) is 12.3. The summed E-state index contributed by atoms with van der Waals surface area (Å²) in [5.74, 6) is 0. The molecule has 1 aliphatic rings. The third-order valence-electron chi connectivity index (χ3n) is 3.70. The Hall–Kier alpha value is -1.62. The van der Waals surface area contributed by atoms with Gasteiger partial charge in [0.05, 0.1) is 12.3 Å². The van der Waals surface area contributed by atoms with Crippen molar-refractivity contribution in [2.24, 2.45) is 0 Å². The summed E-state index contributed by atoms with van der Waals surface area (Å²) in [6, 6.07) is 4.48. The van der Waals surface area contributed by atoms with Crippen LogP contribution in [0.1, 0.15) is 31.0 Å². The Morgan fingerprint density at radius 1 is 1.50 bits per heavy atom. The van der Waals surface area contributed by atoms with Gasteiger partial charge in [-0.15, -0.1) is 0 Å². The highest BCUT2D eigenvalue weighted by atomic mass is 16.6. The smallest absolute Gasteiger partial charge is 0.409 e. The van der Waals surface area contributed by atoms with E-state index in [1.54, 1.807) is 4.90 Å². The van der Waals surface area contributed by atoms with Crippen LogP contribution in [0, 0.1) is 6.92 Å². The minimum atomic E-state index is -0.188. The van der Waals surface area contributed by atoms with Crippen molar-refractivity contribution in [3.8, 4) is 0 Å². The highest BCUT2D eigenvalue weighted by molar-refractivity contribution is 5.67. The van der Waals surface area contributed by atoms with Crippen LogP contribution < -0.4 is 5.32 Å². The number of rotatable bonds is 4. The van der Waals surface area contributed by atoms with Crippen LogP contribution in [0.2, 0.25) is 0 Å². The molecule has 1 amide bonds. The van der Waals surface area contributed by atoms with E-state index in [-0.39, 0.29) is 6.09 Å². The molecule has 110 valence electrons. The molecular formula is C15H23N3O2. The Labute approximate surface area is 120 Å². The Kier molecular flexibility index (Phi) is 5.35. The van der Waals surface area contributed by atoms with Crippen molar-refractivity contribution < 1.29 is 9.53 Å². The Bertz CT molecular complexity index is 442. The summed E-state index contributed by atoms with van der Waals surface area (Å²) in [5, 5.41) is 3.53. The van der Waals surface area contributed by atoms with Gasteiger partial charge in [0.1, 0.15) is 0 Å². The molecule has 0 aromatic carbocycles. The van der Waals surface area contributed by atoms with Gasteiger partial charge in [0.2, 0.25) is 0 Å². The molecule has 1 fully saturated rings. The van der Waals surface area contributed by atoms with E-state index >= 15 is 0 Å². The summed E-state index contributed by atoms with van der Waals surface area (Å²) in [6.07, 6.45) is 3.56. The fraction of sp³-hybridized carbons (Fsp3) is 0.600. The fourth-order valence-electron chi connectivity index (χ4n) is 2.43. The second-order valence-electron chi connectivity index (χ2n) is 5.11. The van der Waals surface area contributed by atoms with Gasteiger partial charge in [-0.25, -0.2) is 4.79 Å². The number of piperidine rings is 1. The monoisotopic (exact) mass is 277 g/mol. The zero-order chi connectivity index (χ0) is 14.4. The average Bonchev–Trinajstić information content (AvgIpc) is 2.47. The third-order valence-corrected chi connectivity index (χ3v) is 3.70. The van der Waals surface area contributed by atoms with Crippen LogP contribution in [-0.2, 0) is 11.3 Å². The maximum Gasteiger partial charge on any atom is 0.409 e. The molecule has 1 N–H and O–H groups in total.